The normalized spacial score (nSPS) is 37.6. The molecule has 0 saturated heterocycles. The topological polar surface area (TPSA) is 23.8 Å². The zero-order chi connectivity index (χ0) is 12.8. The van der Waals surface area contributed by atoms with Crippen LogP contribution in [0.3, 0.4) is 0 Å². The molecule has 0 aromatic rings. The Bertz CT molecular complexity index is 302. The molecule has 2 saturated carbocycles. The zero-order valence-corrected chi connectivity index (χ0v) is 11.2. The summed E-state index contributed by atoms with van der Waals surface area (Å²) < 4.78 is 12.0. The molecule has 2 rings (SSSR count). The van der Waals surface area contributed by atoms with Gasteiger partial charge in [-0.25, -0.2) is 4.39 Å². The van der Waals surface area contributed by atoms with Crippen LogP contribution >= 0.6 is 0 Å². The maximum Gasteiger partial charge on any atom is 0.0827 e. The Labute approximate surface area is 110 Å². The molecule has 2 fully saturated rings. The van der Waals surface area contributed by atoms with Crippen LogP contribution in [-0.4, -0.2) is 0 Å². The van der Waals surface area contributed by atoms with Gasteiger partial charge < -0.3 is 0 Å². The summed E-state index contributed by atoms with van der Waals surface area (Å²) in [6, 6.07) is 2.41. The molecule has 2 aliphatic rings. The Balaban J connectivity index is 1.72. The van der Waals surface area contributed by atoms with Gasteiger partial charge in [-0.15, -0.1) is 0 Å². The van der Waals surface area contributed by atoms with Crippen LogP contribution in [0.5, 0.6) is 0 Å². The molecule has 1 nitrogen and oxygen atoms in total. The number of nitriles is 1. The van der Waals surface area contributed by atoms with Gasteiger partial charge in [-0.3, -0.25) is 0 Å². The monoisotopic (exact) mass is 249 g/mol. The van der Waals surface area contributed by atoms with E-state index >= 15 is 0 Å². The van der Waals surface area contributed by atoms with Crippen LogP contribution in [0, 0.1) is 35.0 Å². The van der Waals surface area contributed by atoms with Gasteiger partial charge in [0, 0.05) is 5.92 Å². The van der Waals surface area contributed by atoms with Crippen LogP contribution in [-0.2, 0) is 0 Å². The van der Waals surface area contributed by atoms with Crippen LogP contribution in [0.15, 0.2) is 12.4 Å². The van der Waals surface area contributed by atoms with Gasteiger partial charge in [-0.05, 0) is 75.5 Å². The lowest BCUT2D eigenvalue weighted by atomic mass is 9.69. The summed E-state index contributed by atoms with van der Waals surface area (Å²) in [7, 11) is 0. The number of rotatable bonds is 3. The molecule has 0 bridgehead atoms. The number of halogens is 1. The van der Waals surface area contributed by atoms with E-state index in [4.69, 9.17) is 5.26 Å². The van der Waals surface area contributed by atoms with E-state index in [-0.39, 0.29) is 0 Å². The fourth-order valence-electron chi connectivity index (χ4n) is 3.86. The molecule has 2 aliphatic carbocycles. The number of nitrogens with zero attached hydrogens (tertiary/aromatic N) is 1. The molecule has 0 aromatic heterocycles. The minimum absolute atomic E-state index is 0.326. The molecule has 0 spiro atoms. The Morgan fingerprint density at radius 3 is 2.00 bits per heavy atom. The van der Waals surface area contributed by atoms with Crippen molar-refractivity contribution in [3.8, 4) is 6.07 Å². The lowest BCUT2D eigenvalue weighted by Crippen LogP contribution is -2.25. The first kappa shape index (κ1) is 13.6. The lowest BCUT2D eigenvalue weighted by molar-refractivity contribution is 0.157. The van der Waals surface area contributed by atoms with E-state index < -0.39 is 0 Å². The number of hydrogen-bond donors (Lipinski definition) is 0. The highest BCUT2D eigenvalue weighted by Crippen LogP contribution is 2.41. The van der Waals surface area contributed by atoms with Gasteiger partial charge in [0.25, 0.3) is 0 Å². The van der Waals surface area contributed by atoms with Gasteiger partial charge in [0.05, 0.1) is 12.4 Å². The number of allylic oxidation sites excluding steroid dienone is 1. The summed E-state index contributed by atoms with van der Waals surface area (Å²) in [5.41, 5.74) is 0. The molecule has 0 N–H and O–H groups in total. The highest BCUT2D eigenvalue weighted by molar-refractivity contribution is 4.90. The average molecular weight is 249 g/mol. The summed E-state index contributed by atoms with van der Waals surface area (Å²) in [5.74, 6) is 2.79. The third kappa shape index (κ3) is 3.57. The SMILES string of the molecule is N#C[C@H]1CC[C@H]([C@H]2CC[C@H](C/C=C/F)CC2)CC1. The summed E-state index contributed by atoms with van der Waals surface area (Å²) in [5, 5.41) is 8.92. The standard InChI is InChI=1S/C16H24FN/c17-11-1-2-13-3-7-15(8-4-13)16-9-5-14(12-18)6-10-16/h1,11,13-16H,2-10H2/b11-1+/t13-,14-,15-,16-. The van der Waals surface area contributed by atoms with Crippen molar-refractivity contribution in [3.63, 3.8) is 0 Å². The van der Waals surface area contributed by atoms with Crippen LogP contribution in [0.2, 0.25) is 0 Å². The summed E-state index contributed by atoms with van der Waals surface area (Å²) >= 11 is 0. The minimum Gasteiger partial charge on any atom is -0.216 e. The first-order chi connectivity index (χ1) is 8.83. The van der Waals surface area contributed by atoms with Crippen molar-refractivity contribution in [2.75, 3.05) is 0 Å². The van der Waals surface area contributed by atoms with Crippen molar-refractivity contribution >= 4 is 0 Å². The summed E-state index contributed by atoms with van der Waals surface area (Å²) in [6.45, 7) is 0. The summed E-state index contributed by atoms with van der Waals surface area (Å²) in [4.78, 5) is 0. The van der Waals surface area contributed by atoms with Crippen molar-refractivity contribution < 1.29 is 4.39 Å². The Morgan fingerprint density at radius 2 is 1.50 bits per heavy atom. The third-order valence-corrected chi connectivity index (χ3v) is 5.07. The van der Waals surface area contributed by atoms with Gasteiger partial charge in [0.1, 0.15) is 0 Å². The van der Waals surface area contributed by atoms with Gasteiger partial charge in [-0.2, -0.15) is 5.26 Å². The Morgan fingerprint density at radius 1 is 0.944 bits per heavy atom. The van der Waals surface area contributed by atoms with Crippen LogP contribution < -0.4 is 0 Å². The highest BCUT2D eigenvalue weighted by atomic mass is 19.1. The van der Waals surface area contributed by atoms with E-state index in [9.17, 15) is 4.39 Å². The van der Waals surface area contributed by atoms with E-state index in [0.29, 0.717) is 18.2 Å². The largest absolute Gasteiger partial charge is 0.216 e. The van der Waals surface area contributed by atoms with Gasteiger partial charge in [-0.1, -0.05) is 6.08 Å². The smallest absolute Gasteiger partial charge is 0.0827 e. The minimum atomic E-state index is 0.326. The van der Waals surface area contributed by atoms with Crippen molar-refractivity contribution in [1.29, 1.82) is 5.26 Å². The molecule has 0 aliphatic heterocycles. The van der Waals surface area contributed by atoms with Crippen LogP contribution in [0.1, 0.15) is 57.8 Å². The molecule has 100 valence electrons. The Hall–Kier alpha value is -0.840. The summed E-state index contributed by atoms with van der Waals surface area (Å²) in [6.07, 6.45) is 13.2. The molecular formula is C16H24FN. The molecule has 0 unspecified atom stereocenters. The maximum absolute atomic E-state index is 12.0. The predicted octanol–water partition coefficient (Wildman–Crippen LogP) is 5.00. The second kappa shape index (κ2) is 6.92. The van der Waals surface area contributed by atoms with E-state index in [1.54, 1.807) is 6.08 Å². The fourth-order valence-corrected chi connectivity index (χ4v) is 3.86. The molecule has 0 heterocycles. The Kier molecular flexibility index (Phi) is 5.23. The molecule has 0 aromatic carbocycles. The quantitative estimate of drug-likeness (QED) is 0.690. The first-order valence-electron chi connectivity index (χ1n) is 7.48. The fraction of sp³-hybridized carbons (Fsp3) is 0.812. The lowest BCUT2D eigenvalue weighted by Gasteiger charge is -2.36. The molecule has 0 atom stereocenters. The molecule has 0 amide bonds. The predicted molar refractivity (Wildman–Crippen MR) is 71.4 cm³/mol. The van der Waals surface area contributed by atoms with Gasteiger partial charge in [0.2, 0.25) is 0 Å². The van der Waals surface area contributed by atoms with Crippen molar-refractivity contribution in [1.82, 2.24) is 0 Å². The molecule has 18 heavy (non-hydrogen) atoms. The average Bonchev–Trinajstić information content (AvgIpc) is 2.46. The maximum atomic E-state index is 12.0. The van der Waals surface area contributed by atoms with Crippen LogP contribution in [0.25, 0.3) is 0 Å². The number of hydrogen-bond acceptors (Lipinski definition) is 1. The van der Waals surface area contributed by atoms with E-state index in [1.165, 1.54) is 38.5 Å². The second-order valence-corrected chi connectivity index (χ2v) is 6.12. The van der Waals surface area contributed by atoms with Crippen molar-refractivity contribution in [2.45, 2.75) is 57.8 Å². The van der Waals surface area contributed by atoms with E-state index in [2.05, 4.69) is 6.07 Å². The molecule has 0 radical (unpaired) electrons. The van der Waals surface area contributed by atoms with E-state index in [0.717, 1.165) is 31.1 Å². The third-order valence-electron chi connectivity index (χ3n) is 5.07. The van der Waals surface area contributed by atoms with Crippen LogP contribution in [0.4, 0.5) is 4.39 Å². The highest BCUT2D eigenvalue weighted by Gasteiger charge is 2.30. The first-order valence-corrected chi connectivity index (χ1v) is 7.48. The van der Waals surface area contributed by atoms with Crippen molar-refractivity contribution in [2.24, 2.45) is 23.7 Å². The van der Waals surface area contributed by atoms with Gasteiger partial charge >= 0.3 is 0 Å². The van der Waals surface area contributed by atoms with Gasteiger partial charge in [0.15, 0.2) is 0 Å². The van der Waals surface area contributed by atoms with E-state index in [1.807, 2.05) is 0 Å². The molecular weight excluding hydrogens is 225 g/mol. The zero-order valence-electron chi connectivity index (χ0n) is 11.2. The molecule has 2 heteroatoms. The second-order valence-electron chi connectivity index (χ2n) is 6.12. The van der Waals surface area contributed by atoms with Crippen molar-refractivity contribution in [3.05, 3.63) is 12.4 Å².